The highest BCUT2D eigenvalue weighted by Crippen LogP contribution is 2.33. The fourth-order valence-electron chi connectivity index (χ4n) is 3.47. The third-order valence-electron chi connectivity index (χ3n) is 4.64. The number of para-hydroxylation sites is 1. The molecule has 2 aliphatic heterocycles. The molecule has 2 aliphatic rings. The van der Waals surface area contributed by atoms with Crippen LogP contribution in [-0.4, -0.2) is 24.7 Å². The molecule has 1 N–H and O–H groups in total. The Kier molecular flexibility index (Phi) is 3.06. The molecule has 0 amide bonds. The van der Waals surface area contributed by atoms with E-state index in [4.69, 9.17) is 0 Å². The number of nitrogens with zero attached hydrogens (tertiary/aromatic N) is 1. The number of fused-ring (bicyclic) bond motifs is 1. The molecule has 98 valence electrons. The summed E-state index contributed by atoms with van der Waals surface area (Å²) >= 11 is 0. The summed E-state index contributed by atoms with van der Waals surface area (Å²) in [6.07, 6.45) is 5.14. The van der Waals surface area contributed by atoms with Crippen LogP contribution in [0.25, 0.3) is 0 Å². The highest BCUT2D eigenvalue weighted by atomic mass is 15.2. The first kappa shape index (κ1) is 12.0. The van der Waals surface area contributed by atoms with Gasteiger partial charge >= 0.3 is 0 Å². The lowest BCUT2D eigenvalue weighted by Gasteiger charge is -2.42. The average Bonchev–Trinajstić information content (AvgIpc) is 2.80. The van der Waals surface area contributed by atoms with Crippen molar-refractivity contribution in [2.45, 2.75) is 51.1 Å². The second kappa shape index (κ2) is 4.58. The van der Waals surface area contributed by atoms with Gasteiger partial charge in [-0.2, -0.15) is 0 Å². The predicted molar refractivity (Wildman–Crippen MR) is 77.2 cm³/mol. The summed E-state index contributed by atoms with van der Waals surface area (Å²) in [5.74, 6) is 0. The lowest BCUT2D eigenvalue weighted by molar-refractivity contribution is 0.388. The molecule has 0 aromatic heterocycles. The van der Waals surface area contributed by atoms with Gasteiger partial charge in [0.2, 0.25) is 0 Å². The molecule has 0 aliphatic carbocycles. The second-order valence-electron chi connectivity index (χ2n) is 6.24. The van der Waals surface area contributed by atoms with Gasteiger partial charge in [0.25, 0.3) is 0 Å². The summed E-state index contributed by atoms with van der Waals surface area (Å²) in [5.41, 5.74) is 3.29. The molecule has 1 aromatic rings. The number of hydrogen-bond acceptors (Lipinski definition) is 2. The molecular weight excluding hydrogens is 220 g/mol. The van der Waals surface area contributed by atoms with Gasteiger partial charge in [0.05, 0.1) is 0 Å². The first-order valence-corrected chi connectivity index (χ1v) is 7.28. The molecule has 0 saturated carbocycles. The van der Waals surface area contributed by atoms with E-state index in [9.17, 15) is 0 Å². The first-order valence-electron chi connectivity index (χ1n) is 7.28. The molecule has 2 atom stereocenters. The molecule has 1 aromatic carbocycles. The van der Waals surface area contributed by atoms with Crippen molar-refractivity contribution in [2.75, 3.05) is 18.0 Å². The molecule has 18 heavy (non-hydrogen) atoms. The minimum Gasteiger partial charge on any atom is -0.367 e. The van der Waals surface area contributed by atoms with E-state index >= 15 is 0 Å². The van der Waals surface area contributed by atoms with E-state index in [1.165, 1.54) is 43.5 Å². The normalized spacial score (nSPS) is 31.4. The quantitative estimate of drug-likeness (QED) is 0.860. The largest absolute Gasteiger partial charge is 0.367 e. The van der Waals surface area contributed by atoms with Crippen molar-refractivity contribution in [1.29, 1.82) is 0 Å². The van der Waals surface area contributed by atoms with E-state index < -0.39 is 0 Å². The third-order valence-corrected chi connectivity index (χ3v) is 4.64. The van der Waals surface area contributed by atoms with Gasteiger partial charge in [-0.05, 0) is 57.7 Å². The van der Waals surface area contributed by atoms with Gasteiger partial charge in [-0.15, -0.1) is 0 Å². The fraction of sp³-hybridized carbons (Fsp3) is 0.625. The molecule has 2 nitrogen and oxygen atoms in total. The number of rotatable bonds is 2. The minimum atomic E-state index is 0.304. The smallest absolute Gasteiger partial charge is 0.0401 e. The monoisotopic (exact) mass is 244 g/mol. The Hall–Kier alpha value is -1.02. The molecule has 0 spiro atoms. The van der Waals surface area contributed by atoms with Gasteiger partial charge in [-0.1, -0.05) is 18.2 Å². The predicted octanol–water partition coefficient (Wildman–Crippen LogP) is 2.97. The van der Waals surface area contributed by atoms with E-state index in [2.05, 4.69) is 48.3 Å². The molecule has 1 fully saturated rings. The lowest BCUT2D eigenvalue weighted by atomic mass is 9.92. The van der Waals surface area contributed by atoms with Gasteiger partial charge < -0.3 is 10.2 Å². The molecule has 2 heterocycles. The van der Waals surface area contributed by atoms with E-state index in [1.807, 2.05) is 0 Å². The zero-order chi connectivity index (χ0) is 12.6. The Morgan fingerprint density at radius 1 is 1.39 bits per heavy atom. The maximum absolute atomic E-state index is 3.69. The van der Waals surface area contributed by atoms with Crippen LogP contribution in [0.2, 0.25) is 0 Å². The second-order valence-corrected chi connectivity index (χ2v) is 6.24. The molecule has 3 rings (SSSR count). The van der Waals surface area contributed by atoms with Crippen LogP contribution in [0.5, 0.6) is 0 Å². The summed E-state index contributed by atoms with van der Waals surface area (Å²) in [5, 5.41) is 3.69. The van der Waals surface area contributed by atoms with Crippen molar-refractivity contribution in [3.63, 3.8) is 0 Å². The molecule has 2 unspecified atom stereocenters. The van der Waals surface area contributed by atoms with Crippen LogP contribution >= 0.6 is 0 Å². The van der Waals surface area contributed by atoms with E-state index in [-0.39, 0.29) is 0 Å². The number of nitrogens with one attached hydrogen (secondary N) is 1. The van der Waals surface area contributed by atoms with Crippen LogP contribution in [-0.2, 0) is 6.42 Å². The lowest BCUT2D eigenvalue weighted by Crippen LogP contribution is -2.51. The number of benzene rings is 1. The zero-order valence-electron chi connectivity index (χ0n) is 11.6. The maximum Gasteiger partial charge on any atom is 0.0401 e. The van der Waals surface area contributed by atoms with E-state index in [0.717, 1.165) is 6.54 Å². The number of aryl methyl sites for hydroxylation is 1. The van der Waals surface area contributed by atoms with Crippen molar-refractivity contribution >= 4 is 5.69 Å². The Balaban J connectivity index is 1.86. The Morgan fingerprint density at radius 3 is 3.00 bits per heavy atom. The molecule has 0 bridgehead atoms. The van der Waals surface area contributed by atoms with E-state index in [1.54, 1.807) is 0 Å². The topological polar surface area (TPSA) is 15.3 Å². The van der Waals surface area contributed by atoms with Gasteiger partial charge in [-0.25, -0.2) is 0 Å². The van der Waals surface area contributed by atoms with E-state index in [0.29, 0.717) is 11.6 Å². The average molecular weight is 244 g/mol. The third kappa shape index (κ3) is 2.14. The number of hydrogen-bond donors (Lipinski definition) is 1. The summed E-state index contributed by atoms with van der Waals surface area (Å²) in [6, 6.07) is 9.60. The highest BCUT2D eigenvalue weighted by molar-refractivity contribution is 5.56. The first-order chi connectivity index (χ1) is 8.68. The molecule has 2 heteroatoms. The Bertz CT molecular complexity index is 421. The Labute approximate surface area is 110 Å². The van der Waals surface area contributed by atoms with Crippen LogP contribution in [0, 0.1) is 0 Å². The molecule has 1 saturated heterocycles. The molecular formula is C16H24N2. The summed E-state index contributed by atoms with van der Waals surface area (Å²) in [7, 11) is 0. The highest BCUT2D eigenvalue weighted by Gasteiger charge is 2.33. The maximum atomic E-state index is 3.69. The minimum absolute atomic E-state index is 0.304. The van der Waals surface area contributed by atoms with Crippen LogP contribution in [0.15, 0.2) is 24.3 Å². The summed E-state index contributed by atoms with van der Waals surface area (Å²) in [6.45, 7) is 7.07. The van der Waals surface area contributed by atoms with Crippen molar-refractivity contribution in [2.24, 2.45) is 0 Å². The van der Waals surface area contributed by atoms with Crippen LogP contribution in [0.1, 0.15) is 38.7 Å². The summed E-state index contributed by atoms with van der Waals surface area (Å²) < 4.78 is 0. The summed E-state index contributed by atoms with van der Waals surface area (Å²) in [4.78, 5) is 2.62. The van der Waals surface area contributed by atoms with Gasteiger partial charge in [0, 0.05) is 23.8 Å². The van der Waals surface area contributed by atoms with Crippen molar-refractivity contribution in [3.05, 3.63) is 29.8 Å². The Morgan fingerprint density at radius 2 is 2.22 bits per heavy atom. The van der Waals surface area contributed by atoms with Crippen molar-refractivity contribution in [3.8, 4) is 0 Å². The van der Waals surface area contributed by atoms with Gasteiger partial charge in [0.15, 0.2) is 0 Å². The van der Waals surface area contributed by atoms with Gasteiger partial charge in [0.1, 0.15) is 0 Å². The van der Waals surface area contributed by atoms with Crippen molar-refractivity contribution < 1.29 is 0 Å². The van der Waals surface area contributed by atoms with Crippen LogP contribution in [0.4, 0.5) is 5.69 Å². The standard InChI is InChI=1S/C16H24N2/c1-13-8-9-14-6-3-4-7-15(14)18(13)12-16(2)10-5-11-17-16/h3-4,6-7,13,17H,5,8-12H2,1-2H3. The van der Waals surface area contributed by atoms with Crippen LogP contribution < -0.4 is 10.2 Å². The SMILES string of the molecule is CC1CCc2ccccc2N1CC1(C)CCCN1. The fourth-order valence-corrected chi connectivity index (χ4v) is 3.47. The zero-order valence-corrected chi connectivity index (χ0v) is 11.6. The van der Waals surface area contributed by atoms with Gasteiger partial charge in [-0.3, -0.25) is 0 Å². The van der Waals surface area contributed by atoms with Crippen LogP contribution in [0.3, 0.4) is 0 Å². The number of anilines is 1. The van der Waals surface area contributed by atoms with Crippen molar-refractivity contribution in [1.82, 2.24) is 5.32 Å². The molecule has 0 radical (unpaired) electrons.